The predicted molar refractivity (Wildman–Crippen MR) is 99.0 cm³/mol. The maximum absolute atomic E-state index is 12.0. The molecule has 140 valence electrons. The van der Waals surface area contributed by atoms with Crippen molar-refractivity contribution in [2.45, 2.75) is 20.4 Å². The third-order valence-electron chi connectivity index (χ3n) is 4.05. The maximum atomic E-state index is 12.0. The van der Waals surface area contributed by atoms with Gasteiger partial charge in [0.1, 0.15) is 5.75 Å². The number of carbonyl (C=O) groups is 1. The Morgan fingerprint density at radius 2 is 2.04 bits per heavy atom. The number of hydrogen-bond donors (Lipinski definition) is 0. The highest BCUT2D eigenvalue weighted by Gasteiger charge is 2.18. The van der Waals surface area contributed by atoms with E-state index in [1.165, 1.54) is 12.1 Å². The Morgan fingerprint density at radius 1 is 1.26 bits per heavy atom. The van der Waals surface area contributed by atoms with Gasteiger partial charge in [-0.1, -0.05) is 26.0 Å². The van der Waals surface area contributed by atoms with Gasteiger partial charge in [0.2, 0.25) is 5.88 Å². The number of esters is 1. The molecule has 1 heterocycles. The number of aromatic nitrogens is 2. The summed E-state index contributed by atoms with van der Waals surface area (Å²) in [6.07, 6.45) is 0. The topological polar surface area (TPSA) is 96.5 Å². The van der Waals surface area contributed by atoms with E-state index in [1.54, 1.807) is 49.9 Å². The van der Waals surface area contributed by atoms with Crippen LogP contribution < -0.4 is 9.47 Å². The molecule has 0 fully saturated rings. The fraction of sp³-hybridized carbons (Fsp3) is 0.263. The second kappa shape index (κ2) is 7.45. The first-order chi connectivity index (χ1) is 12.9. The summed E-state index contributed by atoms with van der Waals surface area (Å²) >= 11 is 0. The summed E-state index contributed by atoms with van der Waals surface area (Å²) in [5, 5.41) is 16.0. The van der Waals surface area contributed by atoms with E-state index in [2.05, 4.69) is 5.10 Å². The van der Waals surface area contributed by atoms with Gasteiger partial charge in [0, 0.05) is 12.1 Å². The summed E-state index contributed by atoms with van der Waals surface area (Å²) in [6, 6.07) is 11.7. The second-order valence-electron chi connectivity index (χ2n) is 6.35. The molecule has 8 heteroatoms. The summed E-state index contributed by atoms with van der Waals surface area (Å²) in [6.45, 7) is 3.78. The summed E-state index contributed by atoms with van der Waals surface area (Å²) in [4.78, 5) is 22.6. The van der Waals surface area contributed by atoms with E-state index in [0.717, 1.165) is 5.52 Å². The third kappa shape index (κ3) is 3.89. The van der Waals surface area contributed by atoms with Crippen molar-refractivity contribution in [3.8, 4) is 11.6 Å². The van der Waals surface area contributed by atoms with Crippen LogP contribution in [0.1, 0.15) is 19.4 Å². The van der Waals surface area contributed by atoms with E-state index in [1.807, 2.05) is 6.07 Å². The van der Waals surface area contributed by atoms with E-state index in [-0.39, 0.29) is 23.5 Å². The van der Waals surface area contributed by atoms with Crippen LogP contribution in [-0.4, -0.2) is 27.8 Å². The van der Waals surface area contributed by atoms with Crippen molar-refractivity contribution < 1.29 is 19.2 Å². The number of nitro groups is 1. The zero-order valence-corrected chi connectivity index (χ0v) is 15.2. The Kier molecular flexibility index (Phi) is 5.07. The van der Waals surface area contributed by atoms with Crippen LogP contribution in [-0.2, 0) is 11.3 Å². The summed E-state index contributed by atoms with van der Waals surface area (Å²) in [5.74, 6) is 0.111. The first-order valence-corrected chi connectivity index (χ1v) is 8.38. The molecule has 3 aromatic rings. The van der Waals surface area contributed by atoms with E-state index >= 15 is 0 Å². The van der Waals surface area contributed by atoms with Gasteiger partial charge in [-0.3, -0.25) is 19.6 Å². The molecule has 0 saturated heterocycles. The van der Waals surface area contributed by atoms with E-state index in [4.69, 9.17) is 9.47 Å². The minimum Gasteiger partial charge on any atom is -0.497 e. The molecule has 0 bridgehead atoms. The number of hydrogen-bond acceptors (Lipinski definition) is 6. The molecule has 0 aliphatic carbocycles. The Bertz CT molecular complexity index is 1010. The first kappa shape index (κ1) is 18.4. The number of non-ortho nitro benzene ring substituents is 1. The van der Waals surface area contributed by atoms with Crippen molar-refractivity contribution in [3.63, 3.8) is 0 Å². The first-order valence-electron chi connectivity index (χ1n) is 8.38. The quantitative estimate of drug-likeness (QED) is 0.374. The van der Waals surface area contributed by atoms with Crippen LogP contribution in [0, 0.1) is 16.0 Å². The van der Waals surface area contributed by atoms with Gasteiger partial charge < -0.3 is 9.47 Å². The fourth-order valence-electron chi connectivity index (χ4n) is 2.61. The molecule has 0 aliphatic heterocycles. The van der Waals surface area contributed by atoms with Crippen molar-refractivity contribution in [2.24, 2.45) is 5.92 Å². The molecule has 0 atom stereocenters. The van der Waals surface area contributed by atoms with Crippen LogP contribution in [0.3, 0.4) is 0 Å². The molecule has 2 aromatic carbocycles. The van der Waals surface area contributed by atoms with Crippen molar-refractivity contribution in [2.75, 3.05) is 7.11 Å². The highest BCUT2D eigenvalue weighted by atomic mass is 16.6. The Balaban J connectivity index is 2.03. The molecular weight excluding hydrogens is 350 g/mol. The minimum absolute atomic E-state index is 0.0112. The van der Waals surface area contributed by atoms with E-state index in [9.17, 15) is 14.9 Å². The molecule has 0 radical (unpaired) electrons. The molecule has 0 unspecified atom stereocenters. The number of fused-ring (bicyclic) bond motifs is 1. The fourth-order valence-corrected chi connectivity index (χ4v) is 2.61. The van der Waals surface area contributed by atoms with Crippen LogP contribution >= 0.6 is 0 Å². The lowest BCUT2D eigenvalue weighted by Gasteiger charge is -2.04. The molecule has 27 heavy (non-hydrogen) atoms. The lowest BCUT2D eigenvalue weighted by molar-refractivity contribution is -0.384. The molecule has 0 saturated carbocycles. The number of rotatable bonds is 6. The Morgan fingerprint density at radius 3 is 2.70 bits per heavy atom. The normalized spacial score (nSPS) is 11.0. The zero-order valence-electron chi connectivity index (χ0n) is 15.2. The molecule has 1 aromatic heterocycles. The summed E-state index contributed by atoms with van der Waals surface area (Å²) in [5.41, 5.74) is 1.46. The highest BCUT2D eigenvalue weighted by molar-refractivity contribution is 5.88. The number of methoxy groups -OCH3 is 1. The van der Waals surface area contributed by atoms with Gasteiger partial charge in [-0.15, -0.1) is 5.10 Å². The van der Waals surface area contributed by atoms with Crippen LogP contribution in [0.2, 0.25) is 0 Å². The summed E-state index contributed by atoms with van der Waals surface area (Å²) in [7, 11) is 1.55. The SMILES string of the molecule is COc1ccc2c(c1)c(OC(=O)C(C)C)nn2Cc1cccc([N+](=O)[O-])c1. The van der Waals surface area contributed by atoms with Gasteiger partial charge >= 0.3 is 5.97 Å². The van der Waals surface area contributed by atoms with Crippen LogP contribution in [0.25, 0.3) is 10.9 Å². The van der Waals surface area contributed by atoms with Gasteiger partial charge in [0.05, 0.1) is 35.4 Å². The largest absolute Gasteiger partial charge is 0.497 e. The number of benzene rings is 2. The lowest BCUT2D eigenvalue weighted by atomic mass is 10.2. The number of carbonyl (C=O) groups excluding carboxylic acids is 1. The maximum Gasteiger partial charge on any atom is 0.315 e. The van der Waals surface area contributed by atoms with Crippen molar-refractivity contribution in [1.29, 1.82) is 0 Å². The van der Waals surface area contributed by atoms with Crippen LogP contribution in [0.5, 0.6) is 11.6 Å². The molecular formula is C19H19N3O5. The minimum atomic E-state index is -0.439. The van der Waals surface area contributed by atoms with Gasteiger partial charge in [-0.05, 0) is 23.8 Å². The number of nitro benzene ring substituents is 1. The highest BCUT2D eigenvalue weighted by Crippen LogP contribution is 2.30. The van der Waals surface area contributed by atoms with E-state index < -0.39 is 4.92 Å². The Hall–Kier alpha value is -3.42. The van der Waals surface area contributed by atoms with E-state index in [0.29, 0.717) is 23.2 Å². The van der Waals surface area contributed by atoms with Crippen LogP contribution in [0.4, 0.5) is 5.69 Å². The van der Waals surface area contributed by atoms with Crippen molar-refractivity contribution in [1.82, 2.24) is 9.78 Å². The molecule has 0 spiro atoms. The zero-order chi connectivity index (χ0) is 19.6. The van der Waals surface area contributed by atoms with Crippen LogP contribution in [0.15, 0.2) is 42.5 Å². The monoisotopic (exact) mass is 369 g/mol. The lowest BCUT2D eigenvalue weighted by Crippen LogP contribution is -2.15. The van der Waals surface area contributed by atoms with Crippen molar-refractivity contribution in [3.05, 3.63) is 58.1 Å². The standard InChI is InChI=1S/C19H19N3O5/c1-12(2)19(23)27-18-16-10-15(26-3)7-8-17(16)21(20-18)11-13-5-4-6-14(9-13)22(24)25/h4-10,12H,11H2,1-3H3. The molecule has 8 nitrogen and oxygen atoms in total. The number of ether oxygens (including phenoxy) is 2. The molecule has 0 aliphatic rings. The van der Waals surface area contributed by atoms with Gasteiger partial charge in [-0.25, -0.2) is 0 Å². The average Bonchev–Trinajstić information content (AvgIpc) is 2.98. The van der Waals surface area contributed by atoms with Gasteiger partial charge in [0.25, 0.3) is 5.69 Å². The molecule has 0 N–H and O–H groups in total. The van der Waals surface area contributed by atoms with Gasteiger partial charge in [0.15, 0.2) is 0 Å². The Labute approximate surface area is 155 Å². The van der Waals surface area contributed by atoms with Crippen molar-refractivity contribution >= 4 is 22.6 Å². The smallest absolute Gasteiger partial charge is 0.315 e. The second-order valence-corrected chi connectivity index (χ2v) is 6.35. The summed E-state index contributed by atoms with van der Waals surface area (Å²) < 4.78 is 12.3. The van der Waals surface area contributed by atoms with Gasteiger partial charge in [-0.2, -0.15) is 0 Å². The average molecular weight is 369 g/mol. The number of nitrogens with zero attached hydrogens (tertiary/aromatic N) is 3. The third-order valence-corrected chi connectivity index (χ3v) is 4.05. The molecule has 3 rings (SSSR count). The molecule has 0 amide bonds. The predicted octanol–water partition coefficient (Wildman–Crippen LogP) is 3.56.